The third-order valence-corrected chi connectivity index (χ3v) is 6.46. The molecule has 150 valence electrons. The van der Waals surface area contributed by atoms with Crippen molar-refractivity contribution in [1.82, 2.24) is 14.5 Å². The van der Waals surface area contributed by atoms with Crippen molar-refractivity contribution in [2.24, 2.45) is 0 Å². The summed E-state index contributed by atoms with van der Waals surface area (Å²) in [6, 6.07) is 15.4. The monoisotopic (exact) mass is 403 g/mol. The Labute approximate surface area is 166 Å². The van der Waals surface area contributed by atoms with Crippen molar-refractivity contribution in [3.8, 4) is 5.75 Å². The molecule has 0 bridgehead atoms. The molecule has 1 saturated heterocycles. The molecule has 0 unspecified atom stereocenters. The maximum absolute atomic E-state index is 13.2. The molecule has 1 heterocycles. The molecule has 1 amide bonds. The summed E-state index contributed by atoms with van der Waals surface area (Å²) in [6.07, 6.45) is 0. The maximum atomic E-state index is 13.2. The molecule has 0 saturated carbocycles. The second kappa shape index (κ2) is 9.18. The SMILES string of the molecule is COc1cccc(CN(CC(=O)N2CCNCC2)S(=O)(=O)c2ccccc2)c1. The van der Waals surface area contributed by atoms with E-state index in [1.165, 1.54) is 4.31 Å². The predicted molar refractivity (Wildman–Crippen MR) is 106 cm³/mol. The van der Waals surface area contributed by atoms with E-state index in [4.69, 9.17) is 4.74 Å². The number of benzene rings is 2. The van der Waals surface area contributed by atoms with E-state index < -0.39 is 10.0 Å². The molecule has 1 aliphatic heterocycles. The number of carbonyl (C=O) groups excluding carboxylic acids is 1. The van der Waals surface area contributed by atoms with Gasteiger partial charge in [0.1, 0.15) is 5.75 Å². The summed E-state index contributed by atoms with van der Waals surface area (Å²) in [4.78, 5) is 14.6. The van der Waals surface area contributed by atoms with E-state index in [0.29, 0.717) is 31.9 Å². The van der Waals surface area contributed by atoms with Gasteiger partial charge in [-0.2, -0.15) is 4.31 Å². The first kappa shape index (κ1) is 20.3. The van der Waals surface area contributed by atoms with Crippen LogP contribution in [0.4, 0.5) is 0 Å². The Morgan fingerprint density at radius 3 is 2.50 bits per heavy atom. The van der Waals surface area contributed by atoms with Crippen LogP contribution in [-0.4, -0.2) is 63.4 Å². The van der Waals surface area contributed by atoms with Crippen LogP contribution in [0.1, 0.15) is 5.56 Å². The van der Waals surface area contributed by atoms with Gasteiger partial charge in [0.15, 0.2) is 0 Å². The van der Waals surface area contributed by atoms with Crippen molar-refractivity contribution in [1.29, 1.82) is 0 Å². The van der Waals surface area contributed by atoms with Crippen LogP contribution in [0, 0.1) is 0 Å². The summed E-state index contributed by atoms with van der Waals surface area (Å²) in [5, 5.41) is 3.19. The van der Waals surface area contributed by atoms with Crippen LogP contribution >= 0.6 is 0 Å². The van der Waals surface area contributed by atoms with Crippen LogP contribution in [0.2, 0.25) is 0 Å². The lowest BCUT2D eigenvalue weighted by Gasteiger charge is -2.30. The van der Waals surface area contributed by atoms with E-state index in [9.17, 15) is 13.2 Å². The van der Waals surface area contributed by atoms with Crippen molar-refractivity contribution < 1.29 is 17.9 Å². The van der Waals surface area contributed by atoms with E-state index in [1.807, 2.05) is 6.07 Å². The zero-order valence-corrected chi connectivity index (χ0v) is 16.7. The third kappa shape index (κ3) is 4.89. The average Bonchev–Trinajstić information content (AvgIpc) is 2.74. The summed E-state index contributed by atoms with van der Waals surface area (Å²) in [5.74, 6) is 0.451. The van der Waals surface area contributed by atoms with Crippen LogP contribution in [0.3, 0.4) is 0 Å². The molecule has 28 heavy (non-hydrogen) atoms. The van der Waals surface area contributed by atoms with Crippen molar-refractivity contribution in [2.45, 2.75) is 11.4 Å². The van der Waals surface area contributed by atoms with Gasteiger partial charge in [0.05, 0.1) is 18.6 Å². The lowest BCUT2D eigenvalue weighted by molar-refractivity contribution is -0.132. The highest BCUT2D eigenvalue weighted by Crippen LogP contribution is 2.20. The molecule has 0 aliphatic carbocycles. The van der Waals surface area contributed by atoms with Gasteiger partial charge in [0.25, 0.3) is 0 Å². The van der Waals surface area contributed by atoms with Gasteiger partial charge in [0, 0.05) is 32.7 Å². The van der Waals surface area contributed by atoms with Crippen LogP contribution < -0.4 is 10.1 Å². The Morgan fingerprint density at radius 1 is 1.11 bits per heavy atom. The number of ether oxygens (including phenoxy) is 1. The van der Waals surface area contributed by atoms with Gasteiger partial charge < -0.3 is 15.0 Å². The molecule has 0 aromatic heterocycles. The number of hydrogen-bond acceptors (Lipinski definition) is 5. The zero-order chi connectivity index (χ0) is 20.0. The molecule has 1 N–H and O–H groups in total. The largest absolute Gasteiger partial charge is 0.497 e. The van der Waals surface area contributed by atoms with E-state index in [1.54, 1.807) is 60.5 Å². The quantitative estimate of drug-likeness (QED) is 0.754. The summed E-state index contributed by atoms with van der Waals surface area (Å²) in [6.45, 7) is 2.48. The number of nitrogens with one attached hydrogen (secondary N) is 1. The first-order chi connectivity index (χ1) is 13.5. The lowest BCUT2D eigenvalue weighted by atomic mass is 10.2. The fraction of sp³-hybridized carbons (Fsp3) is 0.350. The Bertz CT molecular complexity index is 897. The van der Waals surface area contributed by atoms with E-state index in [2.05, 4.69) is 5.32 Å². The van der Waals surface area contributed by atoms with Crippen LogP contribution in [0.15, 0.2) is 59.5 Å². The topological polar surface area (TPSA) is 79.0 Å². The summed E-state index contributed by atoms with van der Waals surface area (Å²) < 4.78 is 32.9. The highest BCUT2D eigenvalue weighted by atomic mass is 32.2. The van der Waals surface area contributed by atoms with Gasteiger partial charge in [-0.15, -0.1) is 0 Å². The Hall–Kier alpha value is -2.42. The van der Waals surface area contributed by atoms with Crippen molar-refractivity contribution in [3.05, 3.63) is 60.2 Å². The number of nitrogens with zero attached hydrogens (tertiary/aromatic N) is 2. The van der Waals surface area contributed by atoms with Crippen molar-refractivity contribution in [3.63, 3.8) is 0 Å². The molecule has 0 spiro atoms. The minimum absolute atomic E-state index is 0.0895. The second-order valence-corrected chi connectivity index (χ2v) is 8.51. The summed E-state index contributed by atoms with van der Waals surface area (Å²) in [5.41, 5.74) is 0.756. The van der Waals surface area contributed by atoms with E-state index in [-0.39, 0.29) is 23.9 Å². The molecular formula is C20H25N3O4S. The minimum atomic E-state index is -3.82. The van der Waals surface area contributed by atoms with Gasteiger partial charge in [-0.1, -0.05) is 30.3 Å². The normalized spacial score (nSPS) is 14.9. The molecule has 8 heteroatoms. The minimum Gasteiger partial charge on any atom is -0.497 e. The van der Waals surface area contributed by atoms with Crippen molar-refractivity contribution in [2.75, 3.05) is 39.8 Å². The molecule has 2 aromatic rings. The summed E-state index contributed by atoms with van der Waals surface area (Å²) in [7, 11) is -2.26. The highest BCUT2D eigenvalue weighted by Gasteiger charge is 2.29. The number of hydrogen-bond donors (Lipinski definition) is 1. The molecule has 7 nitrogen and oxygen atoms in total. The highest BCUT2D eigenvalue weighted by molar-refractivity contribution is 7.89. The number of rotatable bonds is 7. The van der Waals surface area contributed by atoms with Crippen molar-refractivity contribution >= 4 is 15.9 Å². The molecule has 2 aromatic carbocycles. The Balaban J connectivity index is 1.87. The number of carbonyl (C=O) groups is 1. The maximum Gasteiger partial charge on any atom is 0.243 e. The number of sulfonamides is 1. The molecule has 1 aliphatic rings. The standard InChI is InChI=1S/C20H25N3O4S/c1-27-18-7-5-6-17(14-18)15-23(16-20(24)22-12-10-21-11-13-22)28(25,26)19-8-3-2-4-9-19/h2-9,14,21H,10-13,15-16H2,1H3. The first-order valence-electron chi connectivity index (χ1n) is 9.17. The fourth-order valence-corrected chi connectivity index (χ4v) is 4.51. The second-order valence-electron chi connectivity index (χ2n) is 6.57. The van der Waals surface area contributed by atoms with Crippen LogP contribution in [-0.2, 0) is 21.4 Å². The molecule has 1 fully saturated rings. The van der Waals surface area contributed by atoms with Crippen LogP contribution in [0.25, 0.3) is 0 Å². The van der Waals surface area contributed by atoms with E-state index in [0.717, 1.165) is 5.56 Å². The Morgan fingerprint density at radius 2 is 1.82 bits per heavy atom. The third-order valence-electron chi connectivity index (χ3n) is 4.66. The van der Waals surface area contributed by atoms with E-state index >= 15 is 0 Å². The molecule has 0 atom stereocenters. The summed E-state index contributed by atoms with van der Waals surface area (Å²) >= 11 is 0. The molecule has 3 rings (SSSR count). The average molecular weight is 404 g/mol. The van der Waals surface area contributed by atoms with Gasteiger partial charge in [-0.3, -0.25) is 4.79 Å². The number of piperazine rings is 1. The smallest absolute Gasteiger partial charge is 0.243 e. The fourth-order valence-electron chi connectivity index (χ4n) is 3.11. The number of amides is 1. The van der Waals surface area contributed by atoms with Gasteiger partial charge in [-0.05, 0) is 29.8 Å². The van der Waals surface area contributed by atoms with Gasteiger partial charge in [0.2, 0.25) is 15.9 Å². The van der Waals surface area contributed by atoms with Gasteiger partial charge >= 0.3 is 0 Å². The first-order valence-corrected chi connectivity index (χ1v) is 10.6. The zero-order valence-electron chi connectivity index (χ0n) is 15.9. The van der Waals surface area contributed by atoms with Crippen LogP contribution in [0.5, 0.6) is 5.75 Å². The van der Waals surface area contributed by atoms with Gasteiger partial charge in [-0.25, -0.2) is 8.42 Å². The molecule has 0 radical (unpaired) electrons. The Kier molecular flexibility index (Phi) is 6.66. The lowest BCUT2D eigenvalue weighted by Crippen LogP contribution is -2.50. The molecular weight excluding hydrogens is 378 g/mol. The predicted octanol–water partition coefficient (Wildman–Crippen LogP) is 1.32. The number of methoxy groups -OCH3 is 1.